The highest BCUT2D eigenvalue weighted by molar-refractivity contribution is 5.41. The van der Waals surface area contributed by atoms with Crippen LogP contribution in [-0.4, -0.2) is 14.8 Å². The van der Waals surface area contributed by atoms with Crippen molar-refractivity contribution in [3.05, 3.63) is 102 Å². The summed E-state index contributed by atoms with van der Waals surface area (Å²) in [5, 5.41) is 4.20. The Morgan fingerprint density at radius 1 is 0.857 bits per heavy atom. The number of nitrogens with zero attached hydrogens (tertiary/aromatic N) is 3. The average molecular weight is 369 g/mol. The van der Waals surface area contributed by atoms with Gasteiger partial charge in [0, 0.05) is 23.9 Å². The molecule has 2 aromatic carbocycles. The van der Waals surface area contributed by atoms with E-state index in [2.05, 4.69) is 67.3 Å². The fourth-order valence-electron chi connectivity index (χ4n) is 3.19. The van der Waals surface area contributed by atoms with Crippen molar-refractivity contribution in [3.63, 3.8) is 0 Å². The molecule has 2 heterocycles. The summed E-state index contributed by atoms with van der Waals surface area (Å²) in [5.74, 6) is 1.32. The lowest BCUT2D eigenvalue weighted by molar-refractivity contribution is 0.462. The fourth-order valence-corrected chi connectivity index (χ4v) is 3.19. The Hall–Kier alpha value is -3.40. The molecule has 0 aliphatic carbocycles. The number of aryl methyl sites for hydroxylation is 1. The van der Waals surface area contributed by atoms with Gasteiger partial charge >= 0.3 is 0 Å². The summed E-state index contributed by atoms with van der Waals surface area (Å²) in [6.45, 7) is 6.59. The van der Waals surface area contributed by atoms with Gasteiger partial charge < -0.3 is 4.74 Å². The lowest BCUT2D eigenvalue weighted by Crippen LogP contribution is -2.18. The first-order chi connectivity index (χ1) is 13.5. The van der Waals surface area contributed by atoms with Crippen LogP contribution < -0.4 is 4.74 Å². The Morgan fingerprint density at radius 3 is 2.11 bits per heavy atom. The fraction of sp³-hybridized carbons (Fsp3) is 0.167. The maximum atomic E-state index is 5.90. The van der Waals surface area contributed by atoms with Crippen molar-refractivity contribution in [1.82, 2.24) is 14.8 Å². The first-order valence-corrected chi connectivity index (χ1v) is 9.34. The van der Waals surface area contributed by atoms with Crippen molar-refractivity contribution in [1.29, 1.82) is 0 Å². The Balaban J connectivity index is 1.49. The van der Waals surface area contributed by atoms with Crippen LogP contribution in [0.1, 0.15) is 30.5 Å². The monoisotopic (exact) mass is 369 g/mol. The van der Waals surface area contributed by atoms with Crippen molar-refractivity contribution < 1.29 is 4.74 Å². The van der Waals surface area contributed by atoms with Gasteiger partial charge in [0.2, 0.25) is 5.88 Å². The van der Waals surface area contributed by atoms with Gasteiger partial charge in [0.05, 0.1) is 11.9 Å². The largest absolute Gasteiger partial charge is 0.439 e. The van der Waals surface area contributed by atoms with Crippen LogP contribution in [0.15, 0.2) is 85.3 Å². The number of rotatable bonds is 5. The van der Waals surface area contributed by atoms with Crippen LogP contribution in [0.25, 0.3) is 5.69 Å². The van der Waals surface area contributed by atoms with Gasteiger partial charge in [-0.1, -0.05) is 55.8 Å². The number of aromatic nitrogens is 3. The first kappa shape index (κ1) is 18.0. The van der Waals surface area contributed by atoms with E-state index in [1.54, 1.807) is 17.1 Å². The molecule has 28 heavy (non-hydrogen) atoms. The summed E-state index contributed by atoms with van der Waals surface area (Å²) in [7, 11) is 0. The minimum atomic E-state index is -0.0735. The molecule has 4 nitrogen and oxygen atoms in total. The van der Waals surface area contributed by atoms with E-state index >= 15 is 0 Å². The molecule has 4 heteroatoms. The molecule has 0 spiro atoms. The molecule has 0 amide bonds. The first-order valence-electron chi connectivity index (χ1n) is 9.34. The molecule has 0 fully saturated rings. The van der Waals surface area contributed by atoms with Crippen LogP contribution in [-0.2, 0) is 5.41 Å². The van der Waals surface area contributed by atoms with Crippen molar-refractivity contribution >= 4 is 0 Å². The van der Waals surface area contributed by atoms with Gasteiger partial charge in [0.15, 0.2) is 0 Å². The zero-order chi connectivity index (χ0) is 19.6. The molecular formula is C24H23N3O. The summed E-state index contributed by atoms with van der Waals surface area (Å²) >= 11 is 0. The van der Waals surface area contributed by atoms with E-state index < -0.39 is 0 Å². The molecule has 0 radical (unpaired) electrons. The topological polar surface area (TPSA) is 39.9 Å². The third-order valence-electron chi connectivity index (χ3n) is 5.06. The van der Waals surface area contributed by atoms with Crippen LogP contribution in [0, 0.1) is 6.92 Å². The number of hydrogen-bond acceptors (Lipinski definition) is 3. The Morgan fingerprint density at radius 2 is 1.54 bits per heavy atom. The maximum absolute atomic E-state index is 5.90. The molecule has 4 aromatic rings. The highest BCUT2D eigenvalue weighted by Crippen LogP contribution is 2.33. The second kappa shape index (κ2) is 7.31. The van der Waals surface area contributed by atoms with Gasteiger partial charge in [-0.2, -0.15) is 5.10 Å². The molecule has 0 saturated heterocycles. The lowest BCUT2D eigenvalue weighted by Gasteiger charge is -2.26. The van der Waals surface area contributed by atoms with Crippen LogP contribution >= 0.6 is 0 Å². The molecule has 0 atom stereocenters. The molecule has 4 rings (SSSR count). The van der Waals surface area contributed by atoms with Gasteiger partial charge in [-0.05, 0) is 42.3 Å². The molecule has 0 unspecified atom stereocenters. The van der Waals surface area contributed by atoms with Crippen molar-refractivity contribution in [2.45, 2.75) is 26.2 Å². The van der Waals surface area contributed by atoms with Crippen LogP contribution in [0.2, 0.25) is 0 Å². The van der Waals surface area contributed by atoms with Crippen LogP contribution in [0.3, 0.4) is 0 Å². The molecule has 0 aliphatic heterocycles. The Bertz CT molecular complexity index is 1030. The molecule has 2 aromatic heterocycles. The summed E-state index contributed by atoms with van der Waals surface area (Å²) in [6, 6.07) is 22.6. The predicted molar refractivity (Wildman–Crippen MR) is 111 cm³/mol. The molecule has 140 valence electrons. The van der Waals surface area contributed by atoms with E-state index in [-0.39, 0.29) is 5.41 Å². The van der Waals surface area contributed by atoms with E-state index in [0.717, 1.165) is 11.4 Å². The number of pyridine rings is 1. The SMILES string of the molecule is Cc1ccc(C(C)(C)c2ccc(Oc3ccc(-n4cccn4)cn3)cc2)cc1. The third kappa shape index (κ3) is 3.67. The van der Waals surface area contributed by atoms with E-state index in [4.69, 9.17) is 4.74 Å². The second-order valence-corrected chi connectivity index (χ2v) is 7.42. The van der Waals surface area contributed by atoms with Gasteiger partial charge in [0.25, 0.3) is 0 Å². The molecular weight excluding hydrogens is 346 g/mol. The minimum absolute atomic E-state index is 0.0735. The van der Waals surface area contributed by atoms with Crippen molar-refractivity contribution in [2.75, 3.05) is 0 Å². The van der Waals surface area contributed by atoms with Crippen LogP contribution in [0.4, 0.5) is 0 Å². The molecule has 0 saturated carbocycles. The Kier molecular flexibility index (Phi) is 4.70. The lowest BCUT2D eigenvalue weighted by atomic mass is 9.78. The zero-order valence-electron chi connectivity index (χ0n) is 16.3. The minimum Gasteiger partial charge on any atom is -0.439 e. The third-order valence-corrected chi connectivity index (χ3v) is 5.06. The smallest absolute Gasteiger partial charge is 0.219 e. The predicted octanol–water partition coefficient (Wildman–Crippen LogP) is 5.69. The summed E-state index contributed by atoms with van der Waals surface area (Å²) in [6.07, 6.45) is 5.37. The summed E-state index contributed by atoms with van der Waals surface area (Å²) in [5.41, 5.74) is 4.63. The zero-order valence-corrected chi connectivity index (χ0v) is 16.3. The molecule has 0 N–H and O–H groups in total. The summed E-state index contributed by atoms with van der Waals surface area (Å²) < 4.78 is 7.66. The number of hydrogen-bond donors (Lipinski definition) is 0. The molecule has 0 bridgehead atoms. The van der Waals surface area contributed by atoms with Gasteiger partial charge in [-0.15, -0.1) is 0 Å². The normalized spacial score (nSPS) is 11.4. The average Bonchev–Trinajstić information content (AvgIpc) is 3.24. The van der Waals surface area contributed by atoms with Gasteiger partial charge in [0.1, 0.15) is 5.75 Å². The van der Waals surface area contributed by atoms with Gasteiger partial charge in [-0.3, -0.25) is 0 Å². The number of benzene rings is 2. The summed E-state index contributed by atoms with van der Waals surface area (Å²) in [4.78, 5) is 4.37. The van der Waals surface area contributed by atoms with E-state index in [0.29, 0.717) is 5.88 Å². The van der Waals surface area contributed by atoms with Crippen molar-refractivity contribution in [2.24, 2.45) is 0 Å². The highest BCUT2D eigenvalue weighted by atomic mass is 16.5. The Labute approximate surface area is 165 Å². The quantitative estimate of drug-likeness (QED) is 0.453. The van der Waals surface area contributed by atoms with E-state index in [9.17, 15) is 0 Å². The van der Waals surface area contributed by atoms with Gasteiger partial charge in [-0.25, -0.2) is 9.67 Å². The molecule has 0 aliphatic rings. The van der Waals surface area contributed by atoms with E-state index in [1.165, 1.54) is 16.7 Å². The van der Waals surface area contributed by atoms with Crippen LogP contribution in [0.5, 0.6) is 11.6 Å². The maximum Gasteiger partial charge on any atom is 0.219 e. The van der Waals surface area contributed by atoms with E-state index in [1.807, 2.05) is 36.5 Å². The number of ether oxygens (including phenoxy) is 1. The van der Waals surface area contributed by atoms with Crippen molar-refractivity contribution in [3.8, 4) is 17.3 Å². The highest BCUT2D eigenvalue weighted by Gasteiger charge is 2.22. The second-order valence-electron chi connectivity index (χ2n) is 7.42. The standard InChI is InChI=1S/C24H23N3O/c1-18-5-7-19(8-6-18)24(2,3)20-9-12-22(13-10-20)28-23-14-11-21(17-25-23)27-16-4-15-26-27/h4-17H,1-3H3.